The number of likely N-dealkylation sites (tertiary alicyclic amines) is 1. The first-order valence-corrected chi connectivity index (χ1v) is 9.05. The maximum Gasteiger partial charge on any atom is 0.272 e. The van der Waals surface area contributed by atoms with Crippen LogP contribution < -0.4 is 4.90 Å². The van der Waals surface area contributed by atoms with Gasteiger partial charge in [0.25, 0.3) is 5.91 Å². The zero-order valence-electron chi connectivity index (χ0n) is 14.4. The summed E-state index contributed by atoms with van der Waals surface area (Å²) in [5.74, 6) is 2.74. The zero-order chi connectivity index (χ0) is 17.0. The van der Waals surface area contributed by atoms with Crippen molar-refractivity contribution in [3.8, 4) is 0 Å². The molecule has 4 heterocycles. The summed E-state index contributed by atoms with van der Waals surface area (Å²) in [7, 11) is 1.82. The van der Waals surface area contributed by atoms with E-state index in [-0.39, 0.29) is 5.91 Å². The highest BCUT2D eigenvalue weighted by atomic mass is 16.2. The third kappa shape index (κ3) is 2.58. The van der Waals surface area contributed by atoms with Crippen LogP contribution in [0.4, 0.5) is 5.82 Å². The Morgan fingerprint density at radius 2 is 1.80 bits per heavy atom. The van der Waals surface area contributed by atoms with E-state index in [9.17, 15) is 4.79 Å². The molecule has 2 aromatic rings. The van der Waals surface area contributed by atoms with E-state index >= 15 is 0 Å². The molecular formula is C18H22N6O. The fraction of sp³-hybridized carbons (Fsp3) is 0.556. The standard InChI is InChI=1S/C18H22N6O/c1-22-16(6-7-19-22)18(25)24-10-13-8-23(9-14(13)11-24)17-5-4-15(20-21-17)12-2-3-12/h4-7,12-14H,2-3,8-11H2,1H3. The Morgan fingerprint density at radius 1 is 1.04 bits per heavy atom. The van der Waals surface area contributed by atoms with Gasteiger partial charge in [0, 0.05) is 57.2 Å². The van der Waals surface area contributed by atoms with Crippen LogP contribution in [0.15, 0.2) is 24.4 Å². The Kier molecular flexibility index (Phi) is 3.29. The van der Waals surface area contributed by atoms with Crippen LogP contribution in [-0.4, -0.2) is 57.0 Å². The highest BCUT2D eigenvalue weighted by Crippen LogP contribution is 2.39. The number of anilines is 1. The Hall–Kier alpha value is -2.44. The van der Waals surface area contributed by atoms with Gasteiger partial charge >= 0.3 is 0 Å². The summed E-state index contributed by atoms with van der Waals surface area (Å²) in [5, 5.41) is 12.9. The maximum absolute atomic E-state index is 12.6. The lowest BCUT2D eigenvalue weighted by Gasteiger charge is -2.22. The average molecular weight is 338 g/mol. The van der Waals surface area contributed by atoms with Gasteiger partial charge in [-0.05, 0) is 31.0 Å². The van der Waals surface area contributed by atoms with Crippen molar-refractivity contribution in [2.45, 2.75) is 18.8 Å². The first-order chi connectivity index (χ1) is 12.2. The molecule has 1 saturated carbocycles. The normalized spacial score (nSPS) is 25.5. The maximum atomic E-state index is 12.6. The minimum Gasteiger partial charge on any atom is -0.354 e. The van der Waals surface area contributed by atoms with Crippen molar-refractivity contribution < 1.29 is 4.79 Å². The van der Waals surface area contributed by atoms with Crippen molar-refractivity contribution in [3.05, 3.63) is 35.8 Å². The minimum atomic E-state index is 0.0922. The quantitative estimate of drug-likeness (QED) is 0.844. The lowest BCUT2D eigenvalue weighted by Crippen LogP contribution is -2.34. The summed E-state index contributed by atoms with van der Waals surface area (Å²) in [4.78, 5) is 16.9. The Bertz CT molecular complexity index is 782. The third-order valence-electron chi connectivity index (χ3n) is 5.80. The second kappa shape index (κ2) is 5.54. The van der Waals surface area contributed by atoms with Gasteiger partial charge in [0.1, 0.15) is 5.69 Å². The lowest BCUT2D eigenvalue weighted by molar-refractivity contribution is 0.0771. The van der Waals surface area contributed by atoms with Crippen LogP contribution >= 0.6 is 0 Å². The van der Waals surface area contributed by atoms with Gasteiger partial charge in [-0.1, -0.05) is 0 Å². The Morgan fingerprint density at radius 3 is 2.36 bits per heavy atom. The molecule has 7 nitrogen and oxygen atoms in total. The van der Waals surface area contributed by atoms with Crippen molar-refractivity contribution >= 4 is 11.7 Å². The zero-order valence-corrected chi connectivity index (χ0v) is 14.4. The van der Waals surface area contributed by atoms with Gasteiger partial charge in [-0.15, -0.1) is 5.10 Å². The predicted octanol–water partition coefficient (Wildman–Crippen LogP) is 1.30. The highest BCUT2D eigenvalue weighted by Gasteiger charge is 2.42. The molecule has 0 aromatic carbocycles. The van der Waals surface area contributed by atoms with Gasteiger partial charge in [0.05, 0.1) is 5.69 Å². The number of aromatic nitrogens is 4. The van der Waals surface area contributed by atoms with E-state index in [1.807, 2.05) is 11.9 Å². The van der Waals surface area contributed by atoms with Crippen molar-refractivity contribution in [2.24, 2.45) is 18.9 Å². The molecular weight excluding hydrogens is 316 g/mol. The first-order valence-electron chi connectivity index (χ1n) is 9.05. The fourth-order valence-corrected chi connectivity index (χ4v) is 4.19. The molecule has 2 aliphatic heterocycles. The monoisotopic (exact) mass is 338 g/mol. The first kappa shape index (κ1) is 14.9. The summed E-state index contributed by atoms with van der Waals surface area (Å²) < 4.78 is 1.65. The number of carbonyl (C=O) groups excluding carboxylic acids is 1. The van der Waals surface area contributed by atoms with Crippen LogP contribution in [0.1, 0.15) is 34.9 Å². The summed E-state index contributed by atoms with van der Waals surface area (Å²) in [6.07, 6.45) is 4.18. The van der Waals surface area contributed by atoms with E-state index in [1.54, 1.807) is 16.9 Å². The molecule has 0 spiro atoms. The molecule has 25 heavy (non-hydrogen) atoms. The van der Waals surface area contributed by atoms with Gasteiger partial charge in [-0.3, -0.25) is 9.48 Å². The van der Waals surface area contributed by atoms with Gasteiger partial charge in [0.2, 0.25) is 0 Å². The largest absolute Gasteiger partial charge is 0.354 e. The number of fused-ring (bicyclic) bond motifs is 1. The van der Waals surface area contributed by atoms with Crippen molar-refractivity contribution in [3.63, 3.8) is 0 Å². The Labute approximate surface area is 146 Å². The molecule has 2 unspecified atom stereocenters. The van der Waals surface area contributed by atoms with Crippen LogP contribution in [0.5, 0.6) is 0 Å². The van der Waals surface area contributed by atoms with Crippen molar-refractivity contribution in [1.82, 2.24) is 24.9 Å². The molecule has 0 bridgehead atoms. The van der Waals surface area contributed by atoms with Gasteiger partial charge in [-0.25, -0.2) is 0 Å². The molecule has 2 saturated heterocycles. The molecule has 130 valence electrons. The topological polar surface area (TPSA) is 67.2 Å². The van der Waals surface area contributed by atoms with E-state index < -0.39 is 0 Å². The number of nitrogens with zero attached hydrogens (tertiary/aromatic N) is 6. The molecule has 7 heteroatoms. The van der Waals surface area contributed by atoms with E-state index in [0.29, 0.717) is 23.4 Å². The molecule has 1 amide bonds. The molecule has 3 fully saturated rings. The number of rotatable bonds is 3. The number of aryl methyl sites for hydroxylation is 1. The van der Waals surface area contributed by atoms with Crippen molar-refractivity contribution in [1.29, 1.82) is 0 Å². The molecule has 0 radical (unpaired) electrons. The van der Waals surface area contributed by atoms with Crippen LogP contribution in [0.25, 0.3) is 0 Å². The third-order valence-corrected chi connectivity index (χ3v) is 5.80. The fourth-order valence-electron chi connectivity index (χ4n) is 4.19. The minimum absolute atomic E-state index is 0.0922. The number of carbonyl (C=O) groups is 1. The second-order valence-electron chi connectivity index (χ2n) is 7.57. The second-order valence-corrected chi connectivity index (χ2v) is 7.57. The number of hydrogen-bond donors (Lipinski definition) is 0. The average Bonchev–Trinajstić information content (AvgIpc) is 3.07. The molecule has 5 rings (SSSR count). The summed E-state index contributed by atoms with van der Waals surface area (Å²) in [5.41, 5.74) is 1.80. The molecule has 2 atom stereocenters. The lowest BCUT2D eigenvalue weighted by atomic mass is 10.0. The van der Waals surface area contributed by atoms with E-state index in [0.717, 1.165) is 37.7 Å². The van der Waals surface area contributed by atoms with E-state index in [2.05, 4.69) is 32.3 Å². The molecule has 2 aromatic heterocycles. The smallest absolute Gasteiger partial charge is 0.272 e. The Balaban J connectivity index is 1.24. The molecule has 1 aliphatic carbocycles. The van der Waals surface area contributed by atoms with E-state index in [1.165, 1.54) is 12.8 Å². The van der Waals surface area contributed by atoms with Crippen LogP contribution in [0.2, 0.25) is 0 Å². The van der Waals surface area contributed by atoms with Gasteiger partial charge in [-0.2, -0.15) is 10.2 Å². The molecule has 0 N–H and O–H groups in total. The van der Waals surface area contributed by atoms with E-state index in [4.69, 9.17) is 0 Å². The van der Waals surface area contributed by atoms with Gasteiger partial charge < -0.3 is 9.80 Å². The van der Waals surface area contributed by atoms with Crippen LogP contribution in [0, 0.1) is 11.8 Å². The summed E-state index contributed by atoms with van der Waals surface area (Å²) in [6, 6.07) is 6.03. The van der Waals surface area contributed by atoms with Crippen LogP contribution in [-0.2, 0) is 7.05 Å². The highest BCUT2D eigenvalue weighted by molar-refractivity contribution is 5.92. The van der Waals surface area contributed by atoms with Crippen molar-refractivity contribution in [2.75, 3.05) is 31.1 Å². The summed E-state index contributed by atoms with van der Waals surface area (Å²) >= 11 is 0. The number of hydrogen-bond acceptors (Lipinski definition) is 5. The van der Waals surface area contributed by atoms with Crippen LogP contribution in [0.3, 0.4) is 0 Å². The predicted molar refractivity (Wildman–Crippen MR) is 92.3 cm³/mol. The summed E-state index contributed by atoms with van der Waals surface area (Å²) in [6.45, 7) is 3.55. The van der Waals surface area contributed by atoms with Gasteiger partial charge in [0.15, 0.2) is 5.82 Å². The number of amides is 1. The molecule has 3 aliphatic rings. The SMILES string of the molecule is Cn1nccc1C(=O)N1CC2CN(c3ccc(C4CC4)nn3)CC2C1.